The molecule has 0 radical (unpaired) electrons. The summed E-state index contributed by atoms with van der Waals surface area (Å²) in [5.74, 6) is -2.81. The van der Waals surface area contributed by atoms with Crippen LogP contribution in [0.2, 0.25) is 0 Å². The molecule has 222 valence electrons. The Labute approximate surface area is 230 Å². The van der Waals surface area contributed by atoms with Gasteiger partial charge < -0.3 is 20.3 Å². The second-order valence-electron chi connectivity index (χ2n) is 12.1. The average Bonchev–Trinajstić information content (AvgIpc) is 3.57. The highest BCUT2D eigenvalue weighted by atomic mass is 19.4. The molecule has 0 aromatic heterocycles. The minimum atomic E-state index is -4.45. The molecule has 3 N–H and O–H groups in total. The van der Waals surface area contributed by atoms with Gasteiger partial charge in [0, 0.05) is 23.7 Å². The fraction of sp³-hybridized carbons (Fsp3) is 0.733. The van der Waals surface area contributed by atoms with E-state index in [1.165, 1.54) is 12.3 Å². The van der Waals surface area contributed by atoms with Crippen molar-refractivity contribution in [1.82, 2.24) is 0 Å². The van der Waals surface area contributed by atoms with E-state index < -0.39 is 52.9 Å². The summed E-state index contributed by atoms with van der Waals surface area (Å²) >= 11 is 0. The molecule has 39 heavy (non-hydrogen) atoms. The number of allylic oxidation sites excluding steroid dienone is 2. The fourth-order valence-corrected chi connectivity index (χ4v) is 5.26. The zero-order valence-electron chi connectivity index (χ0n) is 24.3. The van der Waals surface area contributed by atoms with Crippen molar-refractivity contribution >= 4 is 11.8 Å². The molecule has 0 spiro atoms. The number of ether oxygens (including phenoxy) is 2. The molecule has 0 aromatic carbocycles. The number of carbonyl (C=O) groups excluding carboxylic acids is 2. The molecule has 2 aliphatic rings. The topological polar surface area (TPSA) is 98.9 Å². The first-order valence-electron chi connectivity index (χ1n) is 13.9. The third-order valence-electron chi connectivity index (χ3n) is 8.49. The molecule has 6 nitrogen and oxygen atoms in total. The van der Waals surface area contributed by atoms with E-state index in [9.17, 15) is 27.9 Å². The maximum Gasteiger partial charge on any atom is 0.395 e. The number of fused-ring (bicyclic) bond motifs is 1. The monoisotopic (exact) mass is 557 g/mol. The number of esters is 1. The summed E-state index contributed by atoms with van der Waals surface area (Å²) in [6, 6.07) is 0. The second-order valence-corrected chi connectivity index (χ2v) is 12.1. The van der Waals surface area contributed by atoms with E-state index in [0.29, 0.717) is 5.57 Å². The smallest absolute Gasteiger partial charge is 0.395 e. The number of hydrogen-bond donors (Lipinski definition) is 2. The van der Waals surface area contributed by atoms with Crippen LogP contribution in [0.3, 0.4) is 0 Å². The molecule has 0 amide bonds. The van der Waals surface area contributed by atoms with Crippen LogP contribution in [0.25, 0.3) is 0 Å². The maximum atomic E-state index is 14.3. The van der Waals surface area contributed by atoms with Gasteiger partial charge in [-0.1, -0.05) is 46.8 Å². The predicted octanol–water partition coefficient (Wildman–Crippen LogP) is 6.39. The Morgan fingerprint density at radius 2 is 1.95 bits per heavy atom. The molecule has 1 fully saturated rings. The number of ketones is 1. The molecule has 0 saturated heterocycles. The number of aliphatic hydroxyl groups excluding tert-OH is 1. The van der Waals surface area contributed by atoms with Gasteiger partial charge in [0.2, 0.25) is 0 Å². The van der Waals surface area contributed by atoms with E-state index in [1.807, 2.05) is 13.8 Å². The van der Waals surface area contributed by atoms with Crippen LogP contribution in [0.15, 0.2) is 35.8 Å². The van der Waals surface area contributed by atoms with Gasteiger partial charge in [-0.25, -0.2) is 0 Å². The minimum Gasteiger partial charge on any atom is -0.496 e. The van der Waals surface area contributed by atoms with Gasteiger partial charge in [0.1, 0.15) is 18.1 Å². The lowest BCUT2D eigenvalue weighted by atomic mass is 9.75. The van der Waals surface area contributed by atoms with Crippen molar-refractivity contribution in [2.45, 2.75) is 111 Å². The Kier molecular flexibility index (Phi) is 10.9. The third-order valence-corrected chi connectivity index (χ3v) is 8.49. The van der Waals surface area contributed by atoms with Crippen molar-refractivity contribution in [3.05, 3.63) is 35.8 Å². The van der Waals surface area contributed by atoms with Gasteiger partial charge in [-0.15, -0.1) is 0 Å². The highest BCUT2D eigenvalue weighted by Gasteiger charge is 2.69. The van der Waals surface area contributed by atoms with E-state index in [4.69, 9.17) is 15.2 Å². The van der Waals surface area contributed by atoms with Crippen LogP contribution in [0, 0.1) is 28.6 Å². The summed E-state index contributed by atoms with van der Waals surface area (Å²) in [4.78, 5) is 26.1. The summed E-state index contributed by atoms with van der Waals surface area (Å²) in [5, 5.41) is 10.7. The van der Waals surface area contributed by atoms with Crippen LogP contribution in [0.1, 0.15) is 87.0 Å². The molecule has 2 rings (SSSR count). The molecule has 3 unspecified atom stereocenters. The second kappa shape index (κ2) is 12.9. The van der Waals surface area contributed by atoms with Crippen LogP contribution in [0.4, 0.5) is 13.2 Å². The van der Waals surface area contributed by atoms with Gasteiger partial charge in [-0.3, -0.25) is 9.59 Å². The summed E-state index contributed by atoms with van der Waals surface area (Å²) < 4.78 is 54.0. The van der Waals surface area contributed by atoms with Crippen LogP contribution in [-0.4, -0.2) is 41.3 Å². The summed E-state index contributed by atoms with van der Waals surface area (Å²) in [6.45, 7) is 12.3. The fourth-order valence-electron chi connectivity index (χ4n) is 5.26. The first-order valence-corrected chi connectivity index (χ1v) is 13.9. The standard InChI is InChI=1S/C30H46F3NO5/c1-8-20(4)38-17-23(34)14-19(3)24-15-22-16-29(22,30(31,32)33)12-9-10-18(2)26(36)21(5)27(37)28(6,7)13-11-25(35)39-24/h9-10,14,17-18,20-22,24,26,36H,8,11-13,15-16,34H2,1-7H3/b10-9+,19-14+,23-17-/t18-,20?,21+,22?,24-,26-,29?/m0/s1. The van der Waals surface area contributed by atoms with Gasteiger partial charge in [0.15, 0.2) is 0 Å². The Balaban J connectivity index is 2.42. The van der Waals surface area contributed by atoms with E-state index in [1.54, 1.807) is 46.8 Å². The van der Waals surface area contributed by atoms with Crippen molar-refractivity contribution in [3.63, 3.8) is 0 Å². The van der Waals surface area contributed by atoms with Crippen LogP contribution < -0.4 is 5.73 Å². The summed E-state index contributed by atoms with van der Waals surface area (Å²) in [7, 11) is 0. The van der Waals surface area contributed by atoms with Crippen LogP contribution in [0.5, 0.6) is 0 Å². The lowest BCUT2D eigenvalue weighted by Gasteiger charge is -2.31. The van der Waals surface area contributed by atoms with Crippen LogP contribution >= 0.6 is 0 Å². The normalized spacial score (nSPS) is 35.0. The average molecular weight is 558 g/mol. The largest absolute Gasteiger partial charge is 0.496 e. The Morgan fingerprint density at radius 1 is 1.31 bits per heavy atom. The van der Waals surface area contributed by atoms with Crippen molar-refractivity contribution in [2.24, 2.45) is 34.3 Å². The molecule has 0 aromatic rings. The molecule has 1 aliphatic carbocycles. The first kappa shape index (κ1) is 32.9. The number of cyclic esters (lactones) is 1. The number of aliphatic hydroxyl groups is 1. The number of nitrogens with two attached hydrogens (primary N) is 1. The molecule has 1 heterocycles. The third kappa shape index (κ3) is 8.35. The lowest BCUT2D eigenvalue weighted by molar-refractivity contribution is -0.192. The molecule has 1 saturated carbocycles. The Morgan fingerprint density at radius 3 is 2.54 bits per heavy atom. The SMILES string of the molecule is CCC(C)O/C=C(N)/C=C(\C)[C@@H]1CC2CC2(C(F)(F)F)C/C=C/[C@H](C)[C@H](O)[C@@H](C)C(=O)C(C)(C)CCC(=O)O1. The highest BCUT2D eigenvalue weighted by molar-refractivity contribution is 5.87. The van der Waals surface area contributed by atoms with Crippen molar-refractivity contribution < 1.29 is 37.3 Å². The Hall–Kier alpha value is -2.29. The number of rotatable bonds is 5. The number of Topliss-reactive ketones (excluding diaryl/α,β-unsaturated/α-hetero) is 1. The van der Waals surface area contributed by atoms with E-state index in [-0.39, 0.29) is 49.7 Å². The van der Waals surface area contributed by atoms with Gasteiger partial charge in [0.05, 0.1) is 23.3 Å². The highest BCUT2D eigenvalue weighted by Crippen LogP contribution is 2.66. The number of alkyl halides is 3. The van der Waals surface area contributed by atoms with E-state index in [0.717, 1.165) is 6.42 Å². The molecule has 0 bridgehead atoms. The zero-order chi connectivity index (χ0) is 29.8. The predicted molar refractivity (Wildman–Crippen MR) is 144 cm³/mol. The maximum absolute atomic E-state index is 14.3. The number of hydrogen-bond acceptors (Lipinski definition) is 6. The number of carbonyl (C=O) groups is 2. The van der Waals surface area contributed by atoms with Gasteiger partial charge in [0.25, 0.3) is 0 Å². The lowest BCUT2D eigenvalue weighted by Crippen LogP contribution is -2.39. The molecular weight excluding hydrogens is 511 g/mol. The molecular formula is C30H46F3NO5. The summed E-state index contributed by atoms with van der Waals surface area (Å²) in [5.41, 5.74) is 4.02. The van der Waals surface area contributed by atoms with Crippen molar-refractivity contribution in [1.29, 1.82) is 0 Å². The first-order chi connectivity index (χ1) is 17.9. The summed E-state index contributed by atoms with van der Waals surface area (Å²) in [6.07, 6.45) is 0.0760. The van der Waals surface area contributed by atoms with E-state index in [2.05, 4.69) is 0 Å². The quantitative estimate of drug-likeness (QED) is 0.176. The molecule has 7 atom stereocenters. The van der Waals surface area contributed by atoms with Crippen LogP contribution in [-0.2, 0) is 19.1 Å². The van der Waals surface area contributed by atoms with Crippen molar-refractivity contribution in [3.8, 4) is 0 Å². The van der Waals surface area contributed by atoms with Gasteiger partial charge in [-0.05, 0) is 63.5 Å². The van der Waals surface area contributed by atoms with Gasteiger partial charge >= 0.3 is 12.1 Å². The zero-order valence-corrected chi connectivity index (χ0v) is 24.3. The Bertz CT molecular complexity index is 970. The number of halogens is 3. The molecule has 1 aliphatic heterocycles. The van der Waals surface area contributed by atoms with E-state index >= 15 is 0 Å². The molecule has 9 heteroatoms. The minimum absolute atomic E-state index is 0.00153. The van der Waals surface area contributed by atoms with Crippen molar-refractivity contribution in [2.75, 3.05) is 0 Å². The van der Waals surface area contributed by atoms with Gasteiger partial charge in [-0.2, -0.15) is 13.2 Å².